The lowest BCUT2D eigenvalue weighted by atomic mass is 9.76. The summed E-state index contributed by atoms with van der Waals surface area (Å²) < 4.78 is 5.33. The van der Waals surface area contributed by atoms with Gasteiger partial charge in [0.1, 0.15) is 0 Å². The van der Waals surface area contributed by atoms with Crippen LogP contribution in [0, 0.1) is 17.3 Å². The first-order valence-electron chi connectivity index (χ1n) is 7.98. The Hall–Kier alpha value is -0.610. The molecule has 0 spiro atoms. The van der Waals surface area contributed by atoms with Crippen molar-refractivity contribution >= 4 is 5.91 Å². The minimum atomic E-state index is 0.176. The first kappa shape index (κ1) is 17.4. The van der Waals surface area contributed by atoms with Crippen LogP contribution in [-0.4, -0.2) is 32.2 Å². The number of nitrogens with two attached hydrogens (primary N) is 1. The minimum Gasteiger partial charge on any atom is -0.381 e. The van der Waals surface area contributed by atoms with E-state index < -0.39 is 0 Å². The summed E-state index contributed by atoms with van der Waals surface area (Å²) >= 11 is 0. The fourth-order valence-electron chi connectivity index (χ4n) is 2.83. The summed E-state index contributed by atoms with van der Waals surface area (Å²) in [7, 11) is 0. The Kier molecular flexibility index (Phi) is 7.52. The third-order valence-electron chi connectivity index (χ3n) is 4.36. The molecule has 0 saturated carbocycles. The summed E-state index contributed by atoms with van der Waals surface area (Å²) in [5, 5.41) is 3.03. The number of rotatable bonds is 8. The second kappa shape index (κ2) is 8.63. The average Bonchev–Trinajstić information content (AvgIpc) is 2.86. The predicted octanol–water partition coefficient (Wildman–Crippen LogP) is 2.32. The highest BCUT2D eigenvalue weighted by Crippen LogP contribution is 2.31. The van der Waals surface area contributed by atoms with E-state index in [1.54, 1.807) is 0 Å². The Morgan fingerprint density at radius 3 is 2.70 bits per heavy atom. The van der Waals surface area contributed by atoms with Crippen LogP contribution in [-0.2, 0) is 9.53 Å². The van der Waals surface area contributed by atoms with E-state index in [2.05, 4.69) is 26.1 Å². The molecule has 1 fully saturated rings. The normalized spacial score (nSPS) is 20.9. The van der Waals surface area contributed by atoms with Crippen molar-refractivity contribution in [2.75, 3.05) is 26.3 Å². The molecule has 0 bridgehead atoms. The van der Waals surface area contributed by atoms with Gasteiger partial charge in [-0.2, -0.15) is 0 Å². The van der Waals surface area contributed by atoms with Crippen molar-refractivity contribution in [1.29, 1.82) is 0 Å². The van der Waals surface area contributed by atoms with E-state index in [9.17, 15) is 4.79 Å². The van der Waals surface area contributed by atoms with E-state index in [4.69, 9.17) is 10.5 Å². The topological polar surface area (TPSA) is 64.4 Å². The molecular formula is C16H32N2O2. The average molecular weight is 284 g/mol. The van der Waals surface area contributed by atoms with Gasteiger partial charge in [-0.1, -0.05) is 20.8 Å². The standard InChI is InChI=1S/C16H32N2O2/c1-16(2,3)14(6-9-17)4-5-15(19)18-10-7-13-8-11-20-12-13/h13-14H,4-12,17H2,1-3H3,(H,18,19). The van der Waals surface area contributed by atoms with Gasteiger partial charge in [0.15, 0.2) is 0 Å². The molecule has 1 amide bonds. The number of ether oxygens (including phenoxy) is 1. The molecule has 20 heavy (non-hydrogen) atoms. The van der Waals surface area contributed by atoms with Crippen molar-refractivity contribution in [2.24, 2.45) is 23.0 Å². The monoisotopic (exact) mass is 284 g/mol. The zero-order valence-electron chi connectivity index (χ0n) is 13.4. The number of nitrogens with one attached hydrogen (secondary N) is 1. The maximum atomic E-state index is 11.9. The number of carbonyl (C=O) groups is 1. The lowest BCUT2D eigenvalue weighted by molar-refractivity contribution is -0.121. The van der Waals surface area contributed by atoms with E-state index in [-0.39, 0.29) is 11.3 Å². The SMILES string of the molecule is CC(C)(C)C(CCN)CCC(=O)NCCC1CCOC1. The molecule has 118 valence electrons. The van der Waals surface area contributed by atoms with Gasteiger partial charge in [0, 0.05) is 26.2 Å². The Bertz CT molecular complexity index is 281. The molecule has 1 aliphatic rings. The Balaban J connectivity index is 2.16. The van der Waals surface area contributed by atoms with Gasteiger partial charge in [0.05, 0.1) is 0 Å². The zero-order chi connectivity index (χ0) is 15.0. The van der Waals surface area contributed by atoms with E-state index in [1.807, 2.05) is 0 Å². The molecule has 3 N–H and O–H groups in total. The summed E-state index contributed by atoms with van der Waals surface area (Å²) in [6, 6.07) is 0. The first-order chi connectivity index (χ1) is 9.43. The quantitative estimate of drug-likeness (QED) is 0.719. The lowest BCUT2D eigenvalue weighted by Gasteiger charge is -2.30. The fraction of sp³-hybridized carbons (Fsp3) is 0.938. The molecule has 0 radical (unpaired) electrons. The number of hydrogen-bond acceptors (Lipinski definition) is 3. The molecule has 1 aliphatic heterocycles. The highest BCUT2D eigenvalue weighted by Gasteiger charge is 2.24. The number of hydrogen-bond donors (Lipinski definition) is 2. The second-order valence-corrected chi connectivity index (χ2v) is 7.05. The zero-order valence-corrected chi connectivity index (χ0v) is 13.4. The molecule has 0 aromatic heterocycles. The Labute approximate surface area is 123 Å². The molecule has 2 unspecified atom stereocenters. The van der Waals surface area contributed by atoms with E-state index in [1.165, 1.54) is 0 Å². The molecule has 1 heterocycles. The number of amides is 1. The summed E-state index contributed by atoms with van der Waals surface area (Å²) in [5.74, 6) is 1.33. The third-order valence-corrected chi connectivity index (χ3v) is 4.36. The Morgan fingerprint density at radius 1 is 1.40 bits per heavy atom. The molecule has 4 nitrogen and oxygen atoms in total. The van der Waals surface area contributed by atoms with Crippen LogP contribution in [0.5, 0.6) is 0 Å². The maximum Gasteiger partial charge on any atom is 0.220 e. The van der Waals surface area contributed by atoms with Crippen LogP contribution in [0.4, 0.5) is 0 Å². The van der Waals surface area contributed by atoms with Crippen molar-refractivity contribution in [2.45, 2.75) is 52.9 Å². The van der Waals surface area contributed by atoms with E-state index in [0.717, 1.165) is 45.4 Å². The molecule has 1 rings (SSSR count). The lowest BCUT2D eigenvalue weighted by Crippen LogP contribution is -2.29. The molecule has 0 aromatic rings. The van der Waals surface area contributed by atoms with Gasteiger partial charge in [-0.15, -0.1) is 0 Å². The molecule has 0 aromatic carbocycles. The van der Waals surface area contributed by atoms with Crippen LogP contribution < -0.4 is 11.1 Å². The van der Waals surface area contributed by atoms with Crippen LogP contribution >= 0.6 is 0 Å². The van der Waals surface area contributed by atoms with Crippen LogP contribution in [0.15, 0.2) is 0 Å². The van der Waals surface area contributed by atoms with Crippen LogP contribution in [0.1, 0.15) is 52.9 Å². The van der Waals surface area contributed by atoms with Crippen molar-refractivity contribution in [3.05, 3.63) is 0 Å². The van der Waals surface area contributed by atoms with Crippen LogP contribution in [0.3, 0.4) is 0 Å². The Morgan fingerprint density at radius 2 is 2.15 bits per heavy atom. The molecule has 2 atom stereocenters. The summed E-state index contributed by atoms with van der Waals surface area (Å²) in [6.07, 6.45) is 4.72. The van der Waals surface area contributed by atoms with Crippen molar-refractivity contribution in [1.82, 2.24) is 5.32 Å². The predicted molar refractivity (Wildman–Crippen MR) is 82.4 cm³/mol. The highest BCUT2D eigenvalue weighted by atomic mass is 16.5. The van der Waals surface area contributed by atoms with Crippen molar-refractivity contribution in [3.8, 4) is 0 Å². The van der Waals surface area contributed by atoms with E-state index in [0.29, 0.717) is 24.8 Å². The summed E-state index contributed by atoms with van der Waals surface area (Å²) in [5.41, 5.74) is 5.89. The smallest absolute Gasteiger partial charge is 0.220 e. The van der Waals surface area contributed by atoms with Crippen molar-refractivity contribution in [3.63, 3.8) is 0 Å². The largest absolute Gasteiger partial charge is 0.381 e. The van der Waals surface area contributed by atoms with Gasteiger partial charge in [-0.25, -0.2) is 0 Å². The maximum absolute atomic E-state index is 11.9. The summed E-state index contributed by atoms with van der Waals surface area (Å²) in [4.78, 5) is 11.9. The number of carbonyl (C=O) groups excluding carboxylic acids is 1. The molecular weight excluding hydrogens is 252 g/mol. The minimum absolute atomic E-state index is 0.176. The second-order valence-electron chi connectivity index (χ2n) is 7.05. The first-order valence-corrected chi connectivity index (χ1v) is 7.98. The van der Waals surface area contributed by atoms with Gasteiger partial charge in [0.25, 0.3) is 0 Å². The van der Waals surface area contributed by atoms with E-state index >= 15 is 0 Å². The summed E-state index contributed by atoms with van der Waals surface area (Å²) in [6.45, 7) is 9.90. The fourth-order valence-corrected chi connectivity index (χ4v) is 2.83. The molecule has 4 heteroatoms. The van der Waals surface area contributed by atoms with Crippen LogP contribution in [0.25, 0.3) is 0 Å². The van der Waals surface area contributed by atoms with Crippen LogP contribution in [0.2, 0.25) is 0 Å². The van der Waals surface area contributed by atoms with Gasteiger partial charge in [-0.05, 0) is 49.5 Å². The van der Waals surface area contributed by atoms with Gasteiger partial charge < -0.3 is 15.8 Å². The van der Waals surface area contributed by atoms with Gasteiger partial charge in [0.2, 0.25) is 5.91 Å². The highest BCUT2D eigenvalue weighted by molar-refractivity contribution is 5.75. The molecule has 1 saturated heterocycles. The van der Waals surface area contributed by atoms with Crippen molar-refractivity contribution < 1.29 is 9.53 Å². The van der Waals surface area contributed by atoms with Gasteiger partial charge in [-0.3, -0.25) is 4.79 Å². The third kappa shape index (κ3) is 6.71. The van der Waals surface area contributed by atoms with Gasteiger partial charge >= 0.3 is 0 Å². The molecule has 0 aliphatic carbocycles.